The van der Waals surface area contributed by atoms with Crippen LogP contribution < -0.4 is 0 Å². The maximum atomic E-state index is 9.32. The number of carboxylic acids is 1. The van der Waals surface area contributed by atoms with Crippen LogP contribution in [-0.2, 0) is 4.79 Å². The van der Waals surface area contributed by atoms with Crippen molar-refractivity contribution in [3.8, 4) is 0 Å². The second kappa shape index (κ2) is 5.47. The first-order valence-corrected chi connectivity index (χ1v) is 8.83. The van der Waals surface area contributed by atoms with Gasteiger partial charge in [-0.1, -0.05) is 55.3 Å². The second-order valence-electron chi connectivity index (χ2n) is 7.63. The molecule has 0 aromatic heterocycles. The summed E-state index contributed by atoms with van der Waals surface area (Å²) in [5.41, 5.74) is 2.71. The van der Waals surface area contributed by atoms with Gasteiger partial charge in [0.1, 0.15) is 5.33 Å². The Morgan fingerprint density at radius 3 is 2.50 bits per heavy atom. The van der Waals surface area contributed by atoms with E-state index in [9.17, 15) is 4.79 Å². The number of allylic oxidation sites excluding steroid dienone is 1. The first kappa shape index (κ1) is 16.1. The summed E-state index contributed by atoms with van der Waals surface area (Å²) in [6, 6.07) is 0. The minimum Gasteiger partial charge on any atom is -0.481 e. The molecule has 3 fully saturated rings. The molecule has 4 bridgehead atoms. The number of hydrogen-bond acceptors (Lipinski definition) is 1. The van der Waals surface area contributed by atoms with Crippen molar-refractivity contribution in [2.75, 3.05) is 5.33 Å². The third-order valence-electron chi connectivity index (χ3n) is 6.19. The average Bonchev–Trinajstić information content (AvgIpc) is 2.86. The minimum atomic E-state index is -0.829. The smallest absolute Gasteiger partial charge is 0.314 e. The lowest BCUT2D eigenvalue weighted by Crippen LogP contribution is -2.28. The lowest BCUT2D eigenvalue weighted by Gasteiger charge is -2.35. The molecule has 3 aliphatic rings. The van der Waals surface area contributed by atoms with E-state index in [1.54, 1.807) is 5.57 Å². The monoisotopic (exact) mass is 342 g/mol. The Labute approximate surface area is 131 Å². The lowest BCUT2D eigenvalue weighted by atomic mass is 9.69. The summed E-state index contributed by atoms with van der Waals surface area (Å²) in [7, 11) is 0. The maximum absolute atomic E-state index is 9.32. The normalized spacial score (nSPS) is 40.8. The summed E-state index contributed by atoms with van der Waals surface area (Å²) in [4.78, 5) is 9.32. The van der Waals surface area contributed by atoms with Gasteiger partial charge in [0, 0.05) is 0 Å². The van der Waals surface area contributed by atoms with Crippen molar-refractivity contribution in [2.24, 2.45) is 28.6 Å². The summed E-state index contributed by atoms with van der Waals surface area (Å²) in [5, 5.41) is 7.71. The Hall–Kier alpha value is -0.310. The molecule has 3 aliphatic carbocycles. The zero-order valence-corrected chi connectivity index (χ0v) is 14.5. The van der Waals surface area contributed by atoms with Crippen molar-refractivity contribution in [3.05, 3.63) is 12.2 Å². The molecule has 0 radical (unpaired) electrons. The zero-order valence-electron chi connectivity index (χ0n) is 12.9. The summed E-state index contributed by atoms with van der Waals surface area (Å²) in [6.07, 6.45) is 7.18. The van der Waals surface area contributed by atoms with E-state index >= 15 is 0 Å². The highest BCUT2D eigenvalue weighted by Crippen LogP contribution is 2.70. The van der Waals surface area contributed by atoms with Crippen molar-refractivity contribution < 1.29 is 9.90 Å². The molecule has 2 nitrogen and oxygen atoms in total. The lowest BCUT2D eigenvalue weighted by molar-refractivity contribution is -0.133. The highest BCUT2D eigenvalue weighted by atomic mass is 79.9. The zero-order chi connectivity index (χ0) is 15.1. The van der Waals surface area contributed by atoms with Crippen LogP contribution in [0.2, 0.25) is 0 Å². The molecule has 20 heavy (non-hydrogen) atoms. The third-order valence-corrected chi connectivity index (χ3v) is 6.67. The summed E-state index contributed by atoms with van der Waals surface area (Å²) < 4.78 is 0. The van der Waals surface area contributed by atoms with Gasteiger partial charge in [-0.3, -0.25) is 4.79 Å². The van der Waals surface area contributed by atoms with Crippen molar-refractivity contribution in [2.45, 2.75) is 52.9 Å². The van der Waals surface area contributed by atoms with E-state index < -0.39 is 5.97 Å². The van der Waals surface area contributed by atoms with Gasteiger partial charge in [-0.2, -0.15) is 0 Å². The highest BCUT2D eigenvalue weighted by molar-refractivity contribution is 9.09. The van der Waals surface area contributed by atoms with Gasteiger partial charge in [0.2, 0.25) is 0 Å². The van der Waals surface area contributed by atoms with E-state index in [0.717, 1.165) is 17.8 Å². The topological polar surface area (TPSA) is 37.3 Å². The molecule has 3 heteroatoms. The Morgan fingerprint density at radius 2 is 1.95 bits per heavy atom. The molecule has 114 valence electrons. The average molecular weight is 343 g/mol. The number of carbonyl (C=O) groups is 1. The van der Waals surface area contributed by atoms with E-state index in [1.807, 2.05) is 0 Å². The third kappa shape index (κ3) is 2.47. The molecule has 0 aromatic rings. The van der Waals surface area contributed by atoms with E-state index in [1.165, 1.54) is 32.1 Å². The number of hydrogen-bond donors (Lipinski definition) is 1. The molecule has 0 aromatic carbocycles. The van der Waals surface area contributed by atoms with Crippen LogP contribution in [0.4, 0.5) is 0 Å². The first-order chi connectivity index (χ1) is 9.24. The molecule has 1 N–H and O–H groups in total. The molecule has 3 saturated carbocycles. The number of carboxylic acid groups (broad SMARTS) is 1. The maximum Gasteiger partial charge on any atom is 0.314 e. The summed E-state index contributed by atoms with van der Waals surface area (Å²) in [6.45, 7) is 12.0. The van der Waals surface area contributed by atoms with Crippen LogP contribution in [0.3, 0.4) is 0 Å². The fourth-order valence-corrected chi connectivity index (χ4v) is 5.28. The number of aliphatic carboxylic acids is 1. The standard InChI is InChI=1S/C15H24.C2H3BrO2/c1-10-11-6-7-12-13(11)14(2,3)8-5-9-15(10,12)4;3-1-2(4)5/h11-13H,1,5-9H2,2-4H3;1H2,(H,4,5). The molecule has 0 saturated heterocycles. The van der Waals surface area contributed by atoms with Gasteiger partial charge in [0.15, 0.2) is 0 Å². The minimum absolute atomic E-state index is 0.0347. The molecule has 0 aliphatic heterocycles. The van der Waals surface area contributed by atoms with Gasteiger partial charge >= 0.3 is 5.97 Å². The molecule has 0 spiro atoms. The van der Waals surface area contributed by atoms with Crippen LogP contribution in [-0.4, -0.2) is 16.4 Å². The molecular formula is C17H27BrO2. The van der Waals surface area contributed by atoms with Gasteiger partial charge in [-0.05, 0) is 54.3 Å². The largest absolute Gasteiger partial charge is 0.481 e. The van der Waals surface area contributed by atoms with Crippen LogP contribution in [0.25, 0.3) is 0 Å². The van der Waals surface area contributed by atoms with Crippen LogP contribution in [0, 0.1) is 28.6 Å². The summed E-state index contributed by atoms with van der Waals surface area (Å²) in [5.74, 6) is 1.96. The summed E-state index contributed by atoms with van der Waals surface area (Å²) >= 11 is 2.71. The second-order valence-corrected chi connectivity index (χ2v) is 8.19. The molecule has 0 heterocycles. The Bertz CT molecular complexity index is 415. The van der Waals surface area contributed by atoms with Crippen molar-refractivity contribution >= 4 is 21.9 Å². The molecule has 3 rings (SSSR count). The van der Waals surface area contributed by atoms with Crippen molar-refractivity contribution in [1.29, 1.82) is 0 Å². The van der Waals surface area contributed by atoms with Crippen LogP contribution in [0.5, 0.6) is 0 Å². The van der Waals surface area contributed by atoms with Gasteiger partial charge in [-0.25, -0.2) is 0 Å². The fourth-order valence-electron chi connectivity index (χ4n) is 5.28. The molecule has 4 unspecified atom stereocenters. The van der Waals surface area contributed by atoms with Crippen LogP contribution in [0.15, 0.2) is 12.2 Å². The Balaban J connectivity index is 0.000000257. The molecular weight excluding hydrogens is 316 g/mol. The molecule has 0 amide bonds. The number of halogens is 1. The Morgan fingerprint density at radius 1 is 1.35 bits per heavy atom. The predicted molar refractivity (Wildman–Crippen MR) is 86.0 cm³/mol. The van der Waals surface area contributed by atoms with Crippen molar-refractivity contribution in [3.63, 3.8) is 0 Å². The fraction of sp³-hybridized carbons (Fsp3) is 0.824. The predicted octanol–water partition coefficient (Wildman–Crippen LogP) is 4.88. The van der Waals surface area contributed by atoms with Gasteiger partial charge in [-0.15, -0.1) is 0 Å². The quantitative estimate of drug-likeness (QED) is 0.544. The van der Waals surface area contributed by atoms with Gasteiger partial charge in [0.05, 0.1) is 0 Å². The number of rotatable bonds is 1. The van der Waals surface area contributed by atoms with E-state index in [-0.39, 0.29) is 5.33 Å². The Kier molecular flexibility index (Phi) is 4.40. The van der Waals surface area contributed by atoms with Crippen LogP contribution in [0.1, 0.15) is 52.9 Å². The highest BCUT2D eigenvalue weighted by Gasteiger charge is 2.61. The molecule has 4 atom stereocenters. The van der Waals surface area contributed by atoms with Gasteiger partial charge < -0.3 is 5.11 Å². The number of alkyl halides is 1. The van der Waals surface area contributed by atoms with E-state index in [0.29, 0.717) is 10.8 Å². The SMILES string of the molecule is C=C1C2CCC3C2C(C)(C)CCCC13C.O=C(O)CBr. The van der Waals surface area contributed by atoms with E-state index in [2.05, 4.69) is 43.3 Å². The van der Waals surface area contributed by atoms with E-state index in [4.69, 9.17) is 5.11 Å². The van der Waals surface area contributed by atoms with Crippen LogP contribution >= 0.6 is 15.9 Å². The van der Waals surface area contributed by atoms with Gasteiger partial charge in [0.25, 0.3) is 0 Å². The first-order valence-electron chi connectivity index (χ1n) is 7.71. The van der Waals surface area contributed by atoms with Crippen molar-refractivity contribution in [1.82, 2.24) is 0 Å².